The molecule has 2 aliphatic carbocycles. The molecule has 0 spiro atoms. The number of anilines is 1. The topological polar surface area (TPSA) is 43.8 Å². The second-order valence-electron chi connectivity index (χ2n) is 6.23. The SMILES string of the molecule is CCn1c(C2CC2)nc(C2CCCC(C)C2)c1N. The van der Waals surface area contributed by atoms with Crippen molar-refractivity contribution in [3.8, 4) is 0 Å². The highest BCUT2D eigenvalue weighted by molar-refractivity contribution is 5.42. The highest BCUT2D eigenvalue weighted by Gasteiger charge is 2.33. The van der Waals surface area contributed by atoms with Crippen LogP contribution < -0.4 is 5.73 Å². The fourth-order valence-corrected chi connectivity index (χ4v) is 3.47. The maximum absolute atomic E-state index is 6.36. The molecule has 0 aliphatic heterocycles. The van der Waals surface area contributed by atoms with E-state index in [2.05, 4.69) is 18.4 Å². The molecule has 1 aromatic rings. The monoisotopic (exact) mass is 247 g/mol. The summed E-state index contributed by atoms with van der Waals surface area (Å²) in [6.07, 6.45) is 7.87. The number of hydrogen-bond acceptors (Lipinski definition) is 2. The maximum atomic E-state index is 6.36. The lowest BCUT2D eigenvalue weighted by Gasteiger charge is -2.25. The molecular weight excluding hydrogens is 222 g/mol. The normalized spacial score (nSPS) is 28.6. The van der Waals surface area contributed by atoms with E-state index in [1.165, 1.54) is 50.0 Å². The van der Waals surface area contributed by atoms with Gasteiger partial charge in [-0.1, -0.05) is 19.8 Å². The molecule has 1 heterocycles. The summed E-state index contributed by atoms with van der Waals surface area (Å²) >= 11 is 0. The molecule has 2 N–H and O–H groups in total. The van der Waals surface area contributed by atoms with Crippen LogP contribution in [0.5, 0.6) is 0 Å². The molecule has 18 heavy (non-hydrogen) atoms. The van der Waals surface area contributed by atoms with E-state index >= 15 is 0 Å². The molecule has 0 saturated heterocycles. The van der Waals surface area contributed by atoms with E-state index in [4.69, 9.17) is 10.7 Å². The summed E-state index contributed by atoms with van der Waals surface area (Å²) in [6, 6.07) is 0. The molecule has 3 heteroatoms. The molecule has 0 radical (unpaired) electrons. The average molecular weight is 247 g/mol. The molecule has 2 fully saturated rings. The van der Waals surface area contributed by atoms with E-state index in [1.54, 1.807) is 0 Å². The van der Waals surface area contributed by atoms with Crippen LogP contribution in [0.15, 0.2) is 0 Å². The number of nitrogen functional groups attached to an aromatic ring is 1. The number of aromatic nitrogens is 2. The van der Waals surface area contributed by atoms with Crippen molar-refractivity contribution in [3.05, 3.63) is 11.5 Å². The Morgan fingerprint density at radius 2 is 2.00 bits per heavy atom. The molecule has 2 saturated carbocycles. The molecule has 3 rings (SSSR count). The van der Waals surface area contributed by atoms with Gasteiger partial charge in [-0.25, -0.2) is 4.98 Å². The molecule has 0 bridgehead atoms. The third kappa shape index (κ3) is 2.04. The van der Waals surface area contributed by atoms with E-state index in [9.17, 15) is 0 Å². The van der Waals surface area contributed by atoms with Crippen LogP contribution in [-0.4, -0.2) is 9.55 Å². The highest BCUT2D eigenvalue weighted by Crippen LogP contribution is 2.44. The van der Waals surface area contributed by atoms with Gasteiger partial charge >= 0.3 is 0 Å². The molecule has 3 nitrogen and oxygen atoms in total. The smallest absolute Gasteiger partial charge is 0.127 e. The quantitative estimate of drug-likeness (QED) is 0.886. The van der Waals surface area contributed by atoms with Crippen molar-refractivity contribution in [1.29, 1.82) is 0 Å². The fourth-order valence-electron chi connectivity index (χ4n) is 3.47. The van der Waals surface area contributed by atoms with Gasteiger partial charge in [0.2, 0.25) is 0 Å². The first-order valence-corrected chi connectivity index (χ1v) is 7.56. The Bertz CT molecular complexity index is 431. The predicted octanol–water partition coefficient (Wildman–Crippen LogP) is 3.66. The number of nitrogens with zero attached hydrogens (tertiary/aromatic N) is 2. The highest BCUT2D eigenvalue weighted by atomic mass is 15.1. The first-order chi connectivity index (χ1) is 8.70. The van der Waals surface area contributed by atoms with Crippen LogP contribution in [0, 0.1) is 5.92 Å². The average Bonchev–Trinajstić information content (AvgIpc) is 3.13. The second-order valence-corrected chi connectivity index (χ2v) is 6.23. The minimum absolute atomic E-state index is 0.610. The van der Waals surface area contributed by atoms with E-state index in [0.717, 1.165) is 18.3 Å². The molecule has 0 aromatic carbocycles. The predicted molar refractivity (Wildman–Crippen MR) is 74.7 cm³/mol. The lowest BCUT2D eigenvalue weighted by molar-refractivity contribution is 0.341. The molecule has 100 valence electrons. The Labute approximate surface area is 110 Å². The first-order valence-electron chi connectivity index (χ1n) is 7.56. The van der Waals surface area contributed by atoms with E-state index in [1.807, 2.05) is 0 Å². The molecular formula is C15H25N3. The largest absolute Gasteiger partial charge is 0.384 e. The van der Waals surface area contributed by atoms with Gasteiger partial charge in [0, 0.05) is 18.4 Å². The van der Waals surface area contributed by atoms with Crippen LogP contribution in [0.3, 0.4) is 0 Å². The van der Waals surface area contributed by atoms with Gasteiger partial charge in [0.15, 0.2) is 0 Å². The van der Waals surface area contributed by atoms with Gasteiger partial charge in [-0.15, -0.1) is 0 Å². The number of rotatable bonds is 3. The van der Waals surface area contributed by atoms with Crippen LogP contribution in [-0.2, 0) is 6.54 Å². The molecule has 2 aliphatic rings. The minimum Gasteiger partial charge on any atom is -0.384 e. The third-order valence-electron chi connectivity index (χ3n) is 4.65. The summed E-state index contributed by atoms with van der Waals surface area (Å²) in [5.74, 6) is 4.36. The molecule has 1 aromatic heterocycles. The summed E-state index contributed by atoms with van der Waals surface area (Å²) in [4.78, 5) is 4.94. The molecule has 2 unspecified atom stereocenters. The van der Waals surface area contributed by atoms with Crippen molar-refractivity contribution >= 4 is 5.82 Å². The van der Waals surface area contributed by atoms with Crippen molar-refractivity contribution in [2.75, 3.05) is 5.73 Å². The van der Waals surface area contributed by atoms with Crippen LogP contribution in [0.2, 0.25) is 0 Å². The fraction of sp³-hybridized carbons (Fsp3) is 0.800. The summed E-state index contributed by atoms with van der Waals surface area (Å²) in [5, 5.41) is 0. The van der Waals surface area contributed by atoms with Crippen molar-refractivity contribution in [2.24, 2.45) is 5.92 Å². The van der Waals surface area contributed by atoms with Gasteiger partial charge in [-0.05, 0) is 38.5 Å². The third-order valence-corrected chi connectivity index (χ3v) is 4.65. The number of nitrogens with two attached hydrogens (primary N) is 1. The Morgan fingerprint density at radius 3 is 2.61 bits per heavy atom. The van der Waals surface area contributed by atoms with Crippen LogP contribution >= 0.6 is 0 Å². The zero-order valence-corrected chi connectivity index (χ0v) is 11.7. The number of hydrogen-bond donors (Lipinski definition) is 1. The van der Waals surface area contributed by atoms with Gasteiger partial charge in [-0.2, -0.15) is 0 Å². The molecule has 2 atom stereocenters. The van der Waals surface area contributed by atoms with Gasteiger partial charge in [0.05, 0.1) is 5.69 Å². The van der Waals surface area contributed by atoms with E-state index in [0.29, 0.717) is 11.8 Å². The van der Waals surface area contributed by atoms with Crippen molar-refractivity contribution in [1.82, 2.24) is 9.55 Å². The first kappa shape index (κ1) is 12.1. The minimum atomic E-state index is 0.610. The van der Waals surface area contributed by atoms with Crippen LogP contribution in [0.4, 0.5) is 5.82 Å². The summed E-state index contributed by atoms with van der Waals surface area (Å²) in [6.45, 7) is 5.51. The van der Waals surface area contributed by atoms with Crippen LogP contribution in [0.1, 0.15) is 75.7 Å². The summed E-state index contributed by atoms with van der Waals surface area (Å²) < 4.78 is 2.26. The molecule has 0 amide bonds. The summed E-state index contributed by atoms with van der Waals surface area (Å²) in [5.41, 5.74) is 7.57. The van der Waals surface area contributed by atoms with Gasteiger partial charge in [0.25, 0.3) is 0 Å². The van der Waals surface area contributed by atoms with E-state index in [-0.39, 0.29) is 0 Å². The van der Waals surface area contributed by atoms with Crippen molar-refractivity contribution < 1.29 is 0 Å². The Hall–Kier alpha value is -0.990. The lowest BCUT2D eigenvalue weighted by atomic mass is 9.81. The zero-order valence-electron chi connectivity index (χ0n) is 11.7. The van der Waals surface area contributed by atoms with Crippen molar-refractivity contribution in [3.63, 3.8) is 0 Å². The Balaban J connectivity index is 1.91. The number of imidazole rings is 1. The zero-order chi connectivity index (χ0) is 12.7. The van der Waals surface area contributed by atoms with Gasteiger partial charge < -0.3 is 10.3 Å². The van der Waals surface area contributed by atoms with Crippen molar-refractivity contribution in [2.45, 2.75) is 70.8 Å². The van der Waals surface area contributed by atoms with E-state index < -0.39 is 0 Å². The standard InChI is InChI=1S/C15H25N3/c1-3-18-14(16)13(17-15(18)11-7-8-11)12-6-4-5-10(2)9-12/h10-12H,3-9,16H2,1-2H3. The maximum Gasteiger partial charge on any atom is 0.127 e. The Kier molecular flexibility index (Phi) is 3.08. The second kappa shape index (κ2) is 4.60. The lowest BCUT2D eigenvalue weighted by Crippen LogP contribution is -2.14. The van der Waals surface area contributed by atoms with Crippen LogP contribution in [0.25, 0.3) is 0 Å². The summed E-state index contributed by atoms with van der Waals surface area (Å²) in [7, 11) is 0. The Morgan fingerprint density at radius 1 is 1.22 bits per heavy atom. The van der Waals surface area contributed by atoms with Gasteiger partial charge in [0.1, 0.15) is 11.6 Å². The van der Waals surface area contributed by atoms with Gasteiger partial charge in [-0.3, -0.25) is 0 Å².